The first-order chi connectivity index (χ1) is 5.72. The van der Waals surface area contributed by atoms with E-state index >= 15 is 0 Å². The molecule has 0 atom stereocenters. The Labute approximate surface area is 73.1 Å². The van der Waals surface area contributed by atoms with Crippen LogP contribution in [0.4, 0.5) is 0 Å². The molecule has 12 heavy (non-hydrogen) atoms. The molecule has 0 saturated heterocycles. The van der Waals surface area contributed by atoms with Crippen LogP contribution in [0.5, 0.6) is 0 Å². The fraction of sp³-hybridized carbons (Fsp3) is 0.667. The first kappa shape index (κ1) is 9.10. The number of nitrogens with two attached hydrogens (primary N) is 1. The predicted octanol–water partition coefficient (Wildman–Crippen LogP) is 1.64. The molecule has 0 aromatic heterocycles. The largest absolute Gasteiger partial charge is 0.477 e. The van der Waals surface area contributed by atoms with Crippen molar-refractivity contribution >= 4 is 5.90 Å². The molecule has 68 valence electrons. The van der Waals surface area contributed by atoms with Gasteiger partial charge in [-0.05, 0) is 25.5 Å². The van der Waals surface area contributed by atoms with E-state index in [1.807, 2.05) is 0 Å². The monoisotopic (exact) mass is 168 g/mol. The fourth-order valence-electron chi connectivity index (χ4n) is 1.14. The van der Waals surface area contributed by atoms with Gasteiger partial charge in [-0.25, -0.2) is 0 Å². The molecule has 0 aromatic carbocycles. The summed E-state index contributed by atoms with van der Waals surface area (Å²) < 4.78 is 5.22. The van der Waals surface area contributed by atoms with Gasteiger partial charge < -0.3 is 10.5 Å². The Balaban J connectivity index is 2.21. The summed E-state index contributed by atoms with van der Waals surface area (Å²) in [5, 5.41) is 7.28. The highest BCUT2D eigenvalue weighted by molar-refractivity contribution is 5.84. The normalized spacial score (nSPS) is 19.4. The van der Waals surface area contributed by atoms with Crippen LogP contribution in [0.3, 0.4) is 0 Å². The second-order valence-electron chi connectivity index (χ2n) is 3.37. The van der Waals surface area contributed by atoms with Gasteiger partial charge in [0.05, 0.1) is 6.61 Å². The highest BCUT2D eigenvalue weighted by atomic mass is 16.5. The molecule has 1 saturated carbocycles. The maximum atomic E-state index is 7.28. The lowest BCUT2D eigenvalue weighted by Gasteiger charge is -2.12. The summed E-state index contributed by atoms with van der Waals surface area (Å²) >= 11 is 0. The van der Waals surface area contributed by atoms with Crippen molar-refractivity contribution in [3.63, 3.8) is 0 Å². The fourth-order valence-corrected chi connectivity index (χ4v) is 1.14. The van der Waals surface area contributed by atoms with Gasteiger partial charge in [0, 0.05) is 11.5 Å². The topological polar surface area (TPSA) is 59.1 Å². The van der Waals surface area contributed by atoms with Crippen LogP contribution in [-0.2, 0) is 4.74 Å². The Hall–Kier alpha value is -0.990. The molecule has 1 aliphatic rings. The van der Waals surface area contributed by atoms with Crippen molar-refractivity contribution in [1.82, 2.24) is 0 Å². The number of rotatable bonds is 4. The van der Waals surface area contributed by atoms with E-state index in [0.717, 1.165) is 6.42 Å². The summed E-state index contributed by atoms with van der Waals surface area (Å²) in [6, 6.07) is 0. The molecule has 1 rings (SSSR count). The zero-order chi connectivity index (χ0) is 9.03. The second kappa shape index (κ2) is 3.61. The van der Waals surface area contributed by atoms with Gasteiger partial charge in [0.25, 0.3) is 0 Å². The number of hydrogen-bond acceptors (Lipinski definition) is 3. The summed E-state index contributed by atoms with van der Waals surface area (Å²) in [5.74, 6) is 0.164. The van der Waals surface area contributed by atoms with Gasteiger partial charge in [0.1, 0.15) is 0 Å². The van der Waals surface area contributed by atoms with E-state index in [4.69, 9.17) is 15.9 Å². The van der Waals surface area contributed by atoms with Gasteiger partial charge in [0.15, 0.2) is 0 Å². The molecular weight excluding hydrogens is 152 g/mol. The lowest BCUT2D eigenvalue weighted by molar-refractivity contribution is 0.218. The van der Waals surface area contributed by atoms with Crippen molar-refractivity contribution in [2.75, 3.05) is 6.61 Å². The maximum Gasteiger partial charge on any atom is 0.207 e. The average molecular weight is 168 g/mol. The summed E-state index contributed by atoms with van der Waals surface area (Å²) in [6.45, 7) is 2.84. The molecule has 0 aromatic rings. The number of nitrogens with one attached hydrogen (secondary N) is 1. The Morgan fingerprint density at radius 3 is 2.75 bits per heavy atom. The zero-order valence-corrected chi connectivity index (χ0v) is 7.47. The van der Waals surface area contributed by atoms with Gasteiger partial charge in [-0.15, -0.1) is 0 Å². The molecule has 0 heterocycles. The van der Waals surface area contributed by atoms with Crippen LogP contribution in [0, 0.1) is 10.8 Å². The summed E-state index contributed by atoms with van der Waals surface area (Å²) in [6.07, 6.45) is 6.42. The molecule has 1 fully saturated rings. The molecule has 0 spiro atoms. The van der Waals surface area contributed by atoms with Crippen LogP contribution in [0.2, 0.25) is 0 Å². The molecule has 0 radical (unpaired) electrons. The van der Waals surface area contributed by atoms with Gasteiger partial charge in [-0.2, -0.15) is 0 Å². The standard InChI is InChI=1S/C9H16N2O/c1-2-9(4-5-9)7-12-8(11)3-6-10/h3,6,11H,2,4-5,7,10H2,1H3/b6-3-,11-8?. The van der Waals surface area contributed by atoms with Crippen LogP contribution >= 0.6 is 0 Å². The molecule has 3 nitrogen and oxygen atoms in total. The van der Waals surface area contributed by atoms with E-state index in [1.165, 1.54) is 25.1 Å². The molecule has 3 N–H and O–H groups in total. The number of ether oxygens (including phenoxy) is 1. The SMILES string of the molecule is CCC1(COC(=N)/C=C\N)CC1. The van der Waals surface area contributed by atoms with Crippen LogP contribution in [-0.4, -0.2) is 12.5 Å². The minimum Gasteiger partial charge on any atom is -0.477 e. The van der Waals surface area contributed by atoms with Crippen LogP contribution in [0.25, 0.3) is 0 Å². The van der Waals surface area contributed by atoms with Gasteiger partial charge in [-0.3, -0.25) is 5.41 Å². The smallest absolute Gasteiger partial charge is 0.207 e. The first-order valence-electron chi connectivity index (χ1n) is 4.32. The number of hydrogen-bond donors (Lipinski definition) is 2. The molecule has 3 heteroatoms. The van der Waals surface area contributed by atoms with Crippen molar-refractivity contribution in [2.24, 2.45) is 11.1 Å². The third-order valence-electron chi connectivity index (χ3n) is 2.49. The minimum atomic E-state index is 0.164. The summed E-state index contributed by atoms with van der Waals surface area (Å²) in [5.41, 5.74) is 5.50. The lowest BCUT2D eigenvalue weighted by Crippen LogP contribution is -2.12. The molecule has 0 aliphatic heterocycles. The van der Waals surface area contributed by atoms with Crippen LogP contribution in [0.1, 0.15) is 26.2 Å². The lowest BCUT2D eigenvalue weighted by atomic mass is 10.1. The van der Waals surface area contributed by atoms with Crippen molar-refractivity contribution < 1.29 is 4.74 Å². The van der Waals surface area contributed by atoms with E-state index in [-0.39, 0.29) is 5.90 Å². The Bertz CT molecular complexity index is 195. The molecule has 0 unspecified atom stereocenters. The van der Waals surface area contributed by atoms with Gasteiger partial charge in [-0.1, -0.05) is 6.92 Å². The maximum absolute atomic E-state index is 7.28. The van der Waals surface area contributed by atoms with Crippen molar-refractivity contribution in [3.8, 4) is 0 Å². The minimum absolute atomic E-state index is 0.164. The second-order valence-corrected chi connectivity index (χ2v) is 3.37. The van der Waals surface area contributed by atoms with Crippen molar-refractivity contribution in [1.29, 1.82) is 5.41 Å². The van der Waals surface area contributed by atoms with E-state index in [2.05, 4.69) is 6.92 Å². The zero-order valence-electron chi connectivity index (χ0n) is 7.47. The van der Waals surface area contributed by atoms with E-state index in [1.54, 1.807) is 0 Å². The molecule has 1 aliphatic carbocycles. The third-order valence-corrected chi connectivity index (χ3v) is 2.49. The Morgan fingerprint density at radius 2 is 2.33 bits per heavy atom. The van der Waals surface area contributed by atoms with Crippen LogP contribution < -0.4 is 5.73 Å². The van der Waals surface area contributed by atoms with Gasteiger partial charge in [0.2, 0.25) is 5.90 Å². The third kappa shape index (κ3) is 2.26. The van der Waals surface area contributed by atoms with E-state index < -0.39 is 0 Å². The Morgan fingerprint density at radius 1 is 1.67 bits per heavy atom. The van der Waals surface area contributed by atoms with E-state index in [0.29, 0.717) is 12.0 Å². The molecular formula is C9H16N2O. The van der Waals surface area contributed by atoms with Crippen molar-refractivity contribution in [2.45, 2.75) is 26.2 Å². The highest BCUT2D eigenvalue weighted by Gasteiger charge is 2.41. The summed E-state index contributed by atoms with van der Waals surface area (Å²) in [7, 11) is 0. The average Bonchev–Trinajstić information content (AvgIpc) is 2.82. The molecule has 0 bridgehead atoms. The van der Waals surface area contributed by atoms with Crippen LogP contribution in [0.15, 0.2) is 12.3 Å². The highest BCUT2D eigenvalue weighted by Crippen LogP contribution is 2.48. The first-order valence-corrected chi connectivity index (χ1v) is 4.32. The van der Waals surface area contributed by atoms with E-state index in [9.17, 15) is 0 Å². The predicted molar refractivity (Wildman–Crippen MR) is 49.0 cm³/mol. The summed E-state index contributed by atoms with van der Waals surface area (Å²) in [4.78, 5) is 0. The quantitative estimate of drug-likeness (QED) is 0.495. The Kier molecular flexibility index (Phi) is 2.74. The molecule has 0 amide bonds. The van der Waals surface area contributed by atoms with Gasteiger partial charge >= 0.3 is 0 Å². The van der Waals surface area contributed by atoms with Crippen molar-refractivity contribution in [3.05, 3.63) is 12.3 Å².